The molecule has 0 saturated heterocycles. The number of amides is 1. The zero-order valence-electron chi connectivity index (χ0n) is 10.2. The van der Waals surface area contributed by atoms with Gasteiger partial charge in [-0.25, -0.2) is 4.79 Å². The van der Waals surface area contributed by atoms with Gasteiger partial charge in [0.25, 0.3) is 5.56 Å². The van der Waals surface area contributed by atoms with Crippen molar-refractivity contribution in [2.75, 3.05) is 13.2 Å². The first kappa shape index (κ1) is 14.2. The topological polar surface area (TPSA) is 104 Å². The molecule has 0 bridgehead atoms. The van der Waals surface area contributed by atoms with Crippen LogP contribution in [0.3, 0.4) is 0 Å². The first-order valence-corrected chi connectivity index (χ1v) is 5.70. The number of nitrogens with zero attached hydrogens (tertiary/aromatic N) is 1. The molecule has 0 aliphatic rings. The monoisotopic (exact) mass is 255 g/mol. The van der Waals surface area contributed by atoms with E-state index in [1.165, 1.54) is 12.3 Å². The minimum absolute atomic E-state index is 0.0798. The summed E-state index contributed by atoms with van der Waals surface area (Å²) in [5.74, 6) is -0.139. The number of H-pyrrole nitrogens is 1. The number of aromatic amines is 1. The zero-order chi connectivity index (χ0) is 13.5. The molecule has 1 heterocycles. The van der Waals surface area contributed by atoms with Crippen molar-refractivity contribution < 1.29 is 9.90 Å². The van der Waals surface area contributed by atoms with Crippen LogP contribution in [0.25, 0.3) is 0 Å². The van der Waals surface area contributed by atoms with Crippen molar-refractivity contribution in [2.45, 2.75) is 19.9 Å². The Hall–Kier alpha value is -1.89. The van der Waals surface area contributed by atoms with Crippen LogP contribution in [0.1, 0.15) is 13.3 Å². The SMILES string of the molecule is CC(CCO)CNC(=O)Cn1ccc(=O)[nH]c1=O. The molecule has 0 aliphatic carbocycles. The van der Waals surface area contributed by atoms with Crippen LogP contribution in [0.2, 0.25) is 0 Å². The minimum atomic E-state index is -0.610. The third-order valence-electron chi connectivity index (χ3n) is 2.48. The Morgan fingerprint density at radius 3 is 2.89 bits per heavy atom. The molecule has 7 nitrogen and oxygen atoms in total. The molecular formula is C11H17N3O4. The molecule has 7 heteroatoms. The summed E-state index contributed by atoms with van der Waals surface area (Å²) in [5.41, 5.74) is -1.10. The Kier molecular flexibility index (Phi) is 5.31. The standard InChI is InChI=1S/C11H17N3O4/c1-8(3-5-15)6-12-10(17)7-14-4-2-9(16)13-11(14)18/h2,4,8,15H,3,5-7H2,1H3,(H,12,17)(H,13,16,18). The lowest BCUT2D eigenvalue weighted by Crippen LogP contribution is -2.36. The third kappa shape index (κ3) is 4.54. The number of carbonyl (C=O) groups is 1. The number of hydrogen-bond acceptors (Lipinski definition) is 4. The first-order chi connectivity index (χ1) is 8.52. The van der Waals surface area contributed by atoms with Crippen LogP contribution >= 0.6 is 0 Å². The molecule has 1 aromatic heterocycles. The van der Waals surface area contributed by atoms with Gasteiger partial charge in [-0.05, 0) is 12.3 Å². The van der Waals surface area contributed by atoms with Gasteiger partial charge in [0.1, 0.15) is 6.54 Å². The van der Waals surface area contributed by atoms with Gasteiger partial charge in [0, 0.05) is 25.4 Å². The summed E-state index contributed by atoms with van der Waals surface area (Å²) in [7, 11) is 0. The molecular weight excluding hydrogens is 238 g/mol. The van der Waals surface area contributed by atoms with Gasteiger partial charge in [-0.15, -0.1) is 0 Å². The van der Waals surface area contributed by atoms with Crippen LogP contribution in [-0.4, -0.2) is 33.7 Å². The van der Waals surface area contributed by atoms with E-state index in [0.717, 1.165) is 4.57 Å². The summed E-state index contributed by atoms with van der Waals surface area (Å²) in [5, 5.41) is 11.4. The largest absolute Gasteiger partial charge is 0.396 e. The van der Waals surface area contributed by atoms with Crippen molar-refractivity contribution in [3.63, 3.8) is 0 Å². The Morgan fingerprint density at radius 2 is 2.28 bits per heavy atom. The Bertz CT molecular complexity index is 506. The van der Waals surface area contributed by atoms with Gasteiger partial charge < -0.3 is 10.4 Å². The van der Waals surface area contributed by atoms with Crippen molar-refractivity contribution >= 4 is 5.91 Å². The van der Waals surface area contributed by atoms with Crippen molar-refractivity contribution in [3.05, 3.63) is 33.1 Å². The summed E-state index contributed by atoms with van der Waals surface area (Å²) in [6.07, 6.45) is 1.89. The van der Waals surface area contributed by atoms with Crippen LogP contribution in [0.15, 0.2) is 21.9 Å². The Balaban J connectivity index is 2.50. The molecule has 0 fully saturated rings. The van der Waals surface area contributed by atoms with Crippen LogP contribution in [0.5, 0.6) is 0 Å². The maximum Gasteiger partial charge on any atom is 0.328 e. The lowest BCUT2D eigenvalue weighted by atomic mass is 10.1. The normalized spacial score (nSPS) is 12.1. The van der Waals surface area contributed by atoms with E-state index < -0.39 is 11.2 Å². The average molecular weight is 255 g/mol. The number of aliphatic hydroxyl groups excluding tert-OH is 1. The fourth-order valence-electron chi connectivity index (χ4n) is 1.39. The predicted octanol–water partition coefficient (Wildman–Crippen LogP) is -1.33. The molecule has 0 saturated carbocycles. The van der Waals surface area contributed by atoms with E-state index in [0.29, 0.717) is 13.0 Å². The maximum absolute atomic E-state index is 11.5. The Morgan fingerprint density at radius 1 is 1.56 bits per heavy atom. The number of carbonyl (C=O) groups excluding carboxylic acids is 1. The van der Waals surface area contributed by atoms with E-state index in [4.69, 9.17) is 5.11 Å². The maximum atomic E-state index is 11.5. The van der Waals surface area contributed by atoms with E-state index in [9.17, 15) is 14.4 Å². The number of hydrogen-bond donors (Lipinski definition) is 3. The van der Waals surface area contributed by atoms with Crippen LogP contribution in [-0.2, 0) is 11.3 Å². The van der Waals surface area contributed by atoms with Gasteiger partial charge in [0.15, 0.2) is 0 Å². The van der Waals surface area contributed by atoms with Crippen molar-refractivity contribution in [3.8, 4) is 0 Å². The van der Waals surface area contributed by atoms with E-state index in [1.807, 2.05) is 6.92 Å². The molecule has 0 aromatic carbocycles. The van der Waals surface area contributed by atoms with Gasteiger partial charge in [0.05, 0.1) is 0 Å². The van der Waals surface area contributed by atoms with Gasteiger partial charge in [-0.3, -0.25) is 19.1 Å². The molecule has 1 amide bonds. The number of rotatable bonds is 6. The number of nitrogens with one attached hydrogen (secondary N) is 2. The molecule has 1 atom stereocenters. The van der Waals surface area contributed by atoms with E-state index in [-0.39, 0.29) is 25.0 Å². The molecule has 1 aromatic rings. The first-order valence-electron chi connectivity index (χ1n) is 5.70. The minimum Gasteiger partial charge on any atom is -0.396 e. The summed E-state index contributed by atoms with van der Waals surface area (Å²) in [6, 6.07) is 1.18. The molecule has 1 unspecified atom stereocenters. The van der Waals surface area contributed by atoms with Gasteiger partial charge >= 0.3 is 5.69 Å². The summed E-state index contributed by atoms with van der Waals surface area (Å²) >= 11 is 0. The zero-order valence-corrected chi connectivity index (χ0v) is 10.2. The fourth-order valence-corrected chi connectivity index (χ4v) is 1.39. The third-order valence-corrected chi connectivity index (χ3v) is 2.48. The lowest BCUT2D eigenvalue weighted by Gasteiger charge is -2.11. The van der Waals surface area contributed by atoms with Gasteiger partial charge in [0.2, 0.25) is 5.91 Å². The van der Waals surface area contributed by atoms with Crippen molar-refractivity contribution in [2.24, 2.45) is 5.92 Å². The lowest BCUT2D eigenvalue weighted by molar-refractivity contribution is -0.121. The highest BCUT2D eigenvalue weighted by Crippen LogP contribution is 1.97. The highest BCUT2D eigenvalue weighted by atomic mass is 16.3. The molecule has 1 rings (SSSR count). The van der Waals surface area contributed by atoms with Crippen LogP contribution < -0.4 is 16.6 Å². The summed E-state index contributed by atoms with van der Waals surface area (Å²) in [4.78, 5) is 35.7. The fraction of sp³-hybridized carbons (Fsp3) is 0.545. The van der Waals surface area contributed by atoms with E-state index in [1.54, 1.807) is 0 Å². The second-order valence-corrected chi connectivity index (χ2v) is 4.16. The van der Waals surface area contributed by atoms with Gasteiger partial charge in [-0.2, -0.15) is 0 Å². The van der Waals surface area contributed by atoms with Crippen molar-refractivity contribution in [1.82, 2.24) is 14.9 Å². The highest BCUT2D eigenvalue weighted by Gasteiger charge is 2.07. The van der Waals surface area contributed by atoms with E-state index >= 15 is 0 Å². The molecule has 0 spiro atoms. The molecule has 0 aliphatic heterocycles. The van der Waals surface area contributed by atoms with Crippen molar-refractivity contribution in [1.29, 1.82) is 0 Å². The van der Waals surface area contributed by atoms with Crippen LogP contribution in [0.4, 0.5) is 0 Å². The smallest absolute Gasteiger partial charge is 0.328 e. The van der Waals surface area contributed by atoms with Gasteiger partial charge in [-0.1, -0.05) is 6.92 Å². The Labute approximate surface area is 103 Å². The predicted molar refractivity (Wildman–Crippen MR) is 65.2 cm³/mol. The summed E-state index contributed by atoms with van der Waals surface area (Å²) < 4.78 is 1.12. The van der Waals surface area contributed by atoms with Crippen LogP contribution in [0, 0.1) is 5.92 Å². The molecule has 100 valence electrons. The molecule has 0 radical (unpaired) electrons. The summed E-state index contributed by atoms with van der Waals surface area (Å²) in [6.45, 7) is 2.29. The highest BCUT2D eigenvalue weighted by molar-refractivity contribution is 5.75. The second kappa shape index (κ2) is 6.75. The number of aromatic nitrogens is 2. The average Bonchev–Trinajstić information content (AvgIpc) is 2.31. The number of aliphatic hydroxyl groups is 1. The second-order valence-electron chi connectivity index (χ2n) is 4.16. The molecule has 18 heavy (non-hydrogen) atoms. The quantitative estimate of drug-likeness (QED) is 0.586. The molecule has 3 N–H and O–H groups in total. The van der Waals surface area contributed by atoms with E-state index in [2.05, 4.69) is 10.3 Å².